The summed E-state index contributed by atoms with van der Waals surface area (Å²) in [5.41, 5.74) is 6.00. The summed E-state index contributed by atoms with van der Waals surface area (Å²) in [5.74, 6) is -1.03. The van der Waals surface area contributed by atoms with Gasteiger partial charge in [0.1, 0.15) is 6.04 Å². The molecule has 6 heteroatoms. The highest BCUT2D eigenvalue weighted by atomic mass is 32.1. The van der Waals surface area contributed by atoms with E-state index in [9.17, 15) is 4.79 Å². The van der Waals surface area contributed by atoms with E-state index in [1.165, 1.54) is 30.6 Å². The molecule has 2 rings (SSSR count). The van der Waals surface area contributed by atoms with Gasteiger partial charge in [-0.15, -0.1) is 11.3 Å². The quantitative estimate of drug-likeness (QED) is 0.857. The summed E-state index contributed by atoms with van der Waals surface area (Å²) in [6.07, 6.45) is 3.59. The second kappa shape index (κ2) is 5.01. The summed E-state index contributed by atoms with van der Waals surface area (Å²) in [4.78, 5) is 17.4. The largest absolute Gasteiger partial charge is 0.480 e. The SMILES string of the molecule is CC1CCCCN1c1nc(C(N)C(=O)O)cs1. The summed E-state index contributed by atoms with van der Waals surface area (Å²) in [7, 11) is 0. The Kier molecular flexibility index (Phi) is 3.63. The zero-order chi connectivity index (χ0) is 12.4. The number of hydrogen-bond donors (Lipinski definition) is 2. The first kappa shape index (κ1) is 12.3. The molecule has 2 atom stereocenters. The van der Waals surface area contributed by atoms with E-state index in [-0.39, 0.29) is 0 Å². The fourth-order valence-corrected chi connectivity index (χ4v) is 3.05. The van der Waals surface area contributed by atoms with Crippen molar-refractivity contribution in [2.45, 2.75) is 38.3 Å². The van der Waals surface area contributed by atoms with Crippen LogP contribution in [0.5, 0.6) is 0 Å². The van der Waals surface area contributed by atoms with Crippen molar-refractivity contribution in [2.75, 3.05) is 11.4 Å². The number of carbonyl (C=O) groups is 1. The molecule has 0 amide bonds. The lowest BCUT2D eigenvalue weighted by molar-refractivity contribution is -0.138. The van der Waals surface area contributed by atoms with Gasteiger partial charge < -0.3 is 15.7 Å². The smallest absolute Gasteiger partial charge is 0.326 e. The van der Waals surface area contributed by atoms with Gasteiger partial charge in [0.15, 0.2) is 5.13 Å². The number of rotatable bonds is 3. The van der Waals surface area contributed by atoms with Gasteiger partial charge >= 0.3 is 5.97 Å². The zero-order valence-corrected chi connectivity index (χ0v) is 10.6. The van der Waals surface area contributed by atoms with Crippen LogP contribution in [0.3, 0.4) is 0 Å². The number of aliphatic carboxylic acids is 1. The fourth-order valence-electron chi connectivity index (χ4n) is 2.06. The molecule has 94 valence electrons. The molecule has 2 heterocycles. The Hall–Kier alpha value is -1.14. The van der Waals surface area contributed by atoms with Gasteiger partial charge in [-0.3, -0.25) is 4.79 Å². The van der Waals surface area contributed by atoms with Crippen LogP contribution in [0.2, 0.25) is 0 Å². The highest BCUT2D eigenvalue weighted by Gasteiger charge is 2.23. The molecule has 0 aromatic carbocycles. The van der Waals surface area contributed by atoms with E-state index in [0.29, 0.717) is 11.7 Å². The highest BCUT2D eigenvalue weighted by Crippen LogP contribution is 2.29. The lowest BCUT2D eigenvalue weighted by Gasteiger charge is -2.33. The molecule has 1 aliphatic rings. The zero-order valence-electron chi connectivity index (χ0n) is 9.80. The number of carboxylic acids is 1. The van der Waals surface area contributed by atoms with Gasteiger partial charge in [-0.05, 0) is 26.2 Å². The second-order valence-corrected chi connectivity index (χ2v) is 5.25. The standard InChI is InChI=1S/C11H17N3O2S/c1-7-4-2-3-5-14(7)11-13-8(6-17-11)9(12)10(15)16/h6-7,9H,2-5,12H2,1H3,(H,15,16). The molecular formula is C11H17N3O2S. The van der Waals surface area contributed by atoms with Crippen molar-refractivity contribution in [1.29, 1.82) is 0 Å². The summed E-state index contributed by atoms with van der Waals surface area (Å²) < 4.78 is 0. The summed E-state index contributed by atoms with van der Waals surface area (Å²) in [5, 5.41) is 11.5. The normalized spacial score (nSPS) is 22.5. The van der Waals surface area contributed by atoms with Crippen molar-refractivity contribution >= 4 is 22.4 Å². The van der Waals surface area contributed by atoms with Crippen molar-refractivity contribution in [3.8, 4) is 0 Å². The molecule has 1 aliphatic heterocycles. The number of piperidine rings is 1. The molecular weight excluding hydrogens is 238 g/mol. The van der Waals surface area contributed by atoms with Crippen LogP contribution < -0.4 is 10.6 Å². The third kappa shape index (κ3) is 2.58. The van der Waals surface area contributed by atoms with E-state index in [1.807, 2.05) is 0 Å². The number of nitrogens with two attached hydrogens (primary N) is 1. The first-order chi connectivity index (χ1) is 8.09. The minimum absolute atomic E-state index is 0.454. The molecule has 0 radical (unpaired) electrons. The van der Waals surface area contributed by atoms with Crippen LogP contribution >= 0.6 is 11.3 Å². The monoisotopic (exact) mass is 255 g/mol. The predicted molar refractivity (Wildman–Crippen MR) is 67.3 cm³/mol. The van der Waals surface area contributed by atoms with Gasteiger partial charge in [-0.2, -0.15) is 0 Å². The van der Waals surface area contributed by atoms with Gasteiger partial charge in [-0.1, -0.05) is 0 Å². The molecule has 1 aromatic rings. The number of thiazole rings is 1. The average molecular weight is 255 g/mol. The summed E-state index contributed by atoms with van der Waals surface area (Å²) in [6.45, 7) is 3.17. The minimum Gasteiger partial charge on any atom is -0.480 e. The van der Waals surface area contributed by atoms with Gasteiger partial charge in [0.25, 0.3) is 0 Å². The molecule has 3 N–H and O–H groups in total. The van der Waals surface area contributed by atoms with Gasteiger partial charge in [0.05, 0.1) is 5.69 Å². The molecule has 1 saturated heterocycles. The summed E-state index contributed by atoms with van der Waals surface area (Å²) in [6, 6.07) is -0.538. The van der Waals surface area contributed by atoms with E-state index in [0.717, 1.165) is 11.7 Å². The van der Waals surface area contributed by atoms with Crippen LogP contribution in [0.25, 0.3) is 0 Å². The Morgan fingerprint density at radius 1 is 1.71 bits per heavy atom. The van der Waals surface area contributed by atoms with Crippen molar-refractivity contribution in [3.63, 3.8) is 0 Å². The van der Waals surface area contributed by atoms with Gasteiger partial charge in [0.2, 0.25) is 0 Å². The molecule has 2 unspecified atom stereocenters. The first-order valence-corrected chi connectivity index (χ1v) is 6.68. The molecule has 1 fully saturated rings. The van der Waals surface area contributed by atoms with Gasteiger partial charge in [-0.25, -0.2) is 4.98 Å². The minimum atomic E-state index is -1.03. The van der Waals surface area contributed by atoms with E-state index >= 15 is 0 Å². The Morgan fingerprint density at radius 3 is 3.12 bits per heavy atom. The van der Waals surface area contributed by atoms with E-state index in [1.54, 1.807) is 5.38 Å². The fraction of sp³-hybridized carbons (Fsp3) is 0.636. The third-order valence-corrected chi connectivity index (χ3v) is 4.04. The van der Waals surface area contributed by atoms with Crippen molar-refractivity contribution < 1.29 is 9.90 Å². The Morgan fingerprint density at radius 2 is 2.47 bits per heavy atom. The summed E-state index contributed by atoms with van der Waals surface area (Å²) >= 11 is 1.48. The van der Waals surface area contributed by atoms with Crippen LogP contribution in [-0.2, 0) is 4.79 Å². The topological polar surface area (TPSA) is 79.5 Å². The van der Waals surface area contributed by atoms with Crippen LogP contribution in [0.15, 0.2) is 5.38 Å². The highest BCUT2D eigenvalue weighted by molar-refractivity contribution is 7.13. The molecule has 0 aliphatic carbocycles. The predicted octanol–water partition coefficient (Wildman–Crippen LogP) is 1.61. The number of carboxylic acid groups (broad SMARTS) is 1. The van der Waals surface area contributed by atoms with Crippen LogP contribution in [0.1, 0.15) is 37.9 Å². The second-order valence-electron chi connectivity index (χ2n) is 4.41. The van der Waals surface area contributed by atoms with E-state index < -0.39 is 12.0 Å². The maximum absolute atomic E-state index is 10.8. The third-order valence-electron chi connectivity index (χ3n) is 3.14. The molecule has 5 nitrogen and oxygen atoms in total. The molecule has 17 heavy (non-hydrogen) atoms. The lowest BCUT2D eigenvalue weighted by atomic mass is 10.0. The van der Waals surface area contributed by atoms with Gasteiger partial charge in [0, 0.05) is 18.0 Å². The number of hydrogen-bond acceptors (Lipinski definition) is 5. The van der Waals surface area contributed by atoms with Crippen molar-refractivity contribution in [3.05, 3.63) is 11.1 Å². The molecule has 0 saturated carbocycles. The number of aromatic nitrogens is 1. The van der Waals surface area contributed by atoms with E-state index in [2.05, 4.69) is 16.8 Å². The Bertz CT molecular complexity index is 407. The number of nitrogens with zero attached hydrogens (tertiary/aromatic N) is 2. The maximum atomic E-state index is 10.8. The molecule has 1 aromatic heterocycles. The van der Waals surface area contributed by atoms with E-state index in [4.69, 9.17) is 10.8 Å². The lowest BCUT2D eigenvalue weighted by Crippen LogP contribution is -2.37. The average Bonchev–Trinajstić information content (AvgIpc) is 2.77. The first-order valence-electron chi connectivity index (χ1n) is 5.80. The van der Waals surface area contributed by atoms with Crippen LogP contribution in [0, 0.1) is 0 Å². The number of anilines is 1. The van der Waals surface area contributed by atoms with Crippen molar-refractivity contribution in [2.24, 2.45) is 5.73 Å². The van der Waals surface area contributed by atoms with Crippen LogP contribution in [-0.4, -0.2) is 28.6 Å². The maximum Gasteiger partial charge on any atom is 0.326 e. The molecule has 0 spiro atoms. The molecule has 0 bridgehead atoms. The Balaban J connectivity index is 2.14. The Labute approximate surface area is 104 Å². The van der Waals surface area contributed by atoms with Crippen LogP contribution in [0.4, 0.5) is 5.13 Å². The van der Waals surface area contributed by atoms with Crippen molar-refractivity contribution in [1.82, 2.24) is 4.98 Å².